The third-order valence-electron chi connectivity index (χ3n) is 3.56. The summed E-state index contributed by atoms with van der Waals surface area (Å²) in [6, 6.07) is 5.70. The molecule has 0 spiro atoms. The predicted molar refractivity (Wildman–Crippen MR) is 84.9 cm³/mol. The van der Waals surface area contributed by atoms with Gasteiger partial charge in [-0.15, -0.1) is 11.3 Å². The number of nitrogens with one attached hydrogen (secondary N) is 1. The van der Waals surface area contributed by atoms with Crippen molar-refractivity contribution in [2.75, 3.05) is 0 Å². The summed E-state index contributed by atoms with van der Waals surface area (Å²) in [5.41, 5.74) is 4.85. The van der Waals surface area contributed by atoms with Crippen LogP contribution in [0.25, 0.3) is 0 Å². The molecule has 2 heterocycles. The largest absolute Gasteiger partial charge is 0.281 e. The fourth-order valence-electron chi connectivity index (χ4n) is 2.45. The van der Waals surface area contributed by atoms with E-state index in [1.807, 2.05) is 18.2 Å². The molecule has 0 saturated carbocycles. The number of carbonyl (C=O) groups is 1. The average molecular weight is 299 g/mol. The highest BCUT2D eigenvalue weighted by Crippen LogP contribution is 2.28. The summed E-state index contributed by atoms with van der Waals surface area (Å²) >= 11 is 1.61. The first-order chi connectivity index (χ1) is 10.3. The minimum absolute atomic E-state index is 0.127. The summed E-state index contributed by atoms with van der Waals surface area (Å²) in [6.07, 6.45) is 11.0. The molecule has 0 saturated heterocycles. The highest BCUT2D eigenvalue weighted by atomic mass is 32.1. The van der Waals surface area contributed by atoms with Crippen LogP contribution in [0, 0.1) is 0 Å². The Kier molecular flexibility index (Phi) is 4.40. The number of rotatable bonds is 3. The molecule has 1 aliphatic rings. The Morgan fingerprint density at radius 3 is 2.90 bits per heavy atom. The lowest BCUT2D eigenvalue weighted by molar-refractivity contribution is 0.0959. The van der Waals surface area contributed by atoms with Gasteiger partial charge in [0.1, 0.15) is 0 Å². The number of aromatic nitrogens is 1. The third kappa shape index (κ3) is 3.55. The molecule has 0 unspecified atom stereocenters. The van der Waals surface area contributed by atoms with Crippen LogP contribution in [0.4, 0.5) is 0 Å². The topological polar surface area (TPSA) is 54.4 Å². The first kappa shape index (κ1) is 13.9. The maximum Gasteiger partial charge on any atom is 0.281 e. The molecule has 1 N–H and O–H groups in total. The van der Waals surface area contributed by atoms with E-state index in [2.05, 4.69) is 15.5 Å². The highest BCUT2D eigenvalue weighted by Gasteiger charge is 2.15. The average Bonchev–Trinajstić information content (AvgIpc) is 2.79. The number of nitrogens with zero attached hydrogens (tertiary/aromatic N) is 2. The maximum absolute atomic E-state index is 12.1. The predicted octanol–water partition coefficient (Wildman–Crippen LogP) is 3.18. The fraction of sp³-hybridized carbons (Fsp3) is 0.312. The summed E-state index contributed by atoms with van der Waals surface area (Å²) in [5.74, 6) is -0.127. The molecular weight excluding hydrogens is 282 g/mol. The number of carbonyl (C=O) groups excluding carboxylic acids is 1. The number of hydrogen-bond donors (Lipinski definition) is 1. The lowest BCUT2D eigenvalue weighted by Crippen LogP contribution is -2.16. The first-order valence-corrected chi connectivity index (χ1v) is 7.99. The first-order valence-electron chi connectivity index (χ1n) is 7.18. The number of aryl methyl sites for hydroxylation is 2. The number of thiophene rings is 1. The van der Waals surface area contributed by atoms with Gasteiger partial charge in [0.2, 0.25) is 0 Å². The van der Waals surface area contributed by atoms with Gasteiger partial charge in [-0.2, -0.15) is 5.10 Å². The van der Waals surface area contributed by atoms with E-state index < -0.39 is 0 Å². The number of hydrogen-bond acceptors (Lipinski definition) is 4. The Labute approximate surface area is 127 Å². The second-order valence-corrected chi connectivity index (χ2v) is 6.24. The summed E-state index contributed by atoms with van der Waals surface area (Å²) in [5, 5.41) is 4.00. The van der Waals surface area contributed by atoms with Gasteiger partial charge in [-0.1, -0.05) is 6.42 Å². The molecule has 2 aromatic rings. The van der Waals surface area contributed by atoms with Crippen molar-refractivity contribution < 1.29 is 4.79 Å². The van der Waals surface area contributed by atoms with Crippen LogP contribution in [0.5, 0.6) is 0 Å². The Morgan fingerprint density at radius 1 is 1.24 bits per heavy atom. The Hall–Kier alpha value is -2.01. The van der Waals surface area contributed by atoms with Gasteiger partial charge in [0.15, 0.2) is 0 Å². The van der Waals surface area contributed by atoms with Crippen LogP contribution in [-0.4, -0.2) is 17.1 Å². The third-order valence-corrected chi connectivity index (χ3v) is 4.79. The van der Waals surface area contributed by atoms with E-state index in [1.165, 1.54) is 29.7 Å². The van der Waals surface area contributed by atoms with Crippen LogP contribution in [0.3, 0.4) is 0 Å². The van der Waals surface area contributed by atoms with E-state index in [4.69, 9.17) is 0 Å². The van der Waals surface area contributed by atoms with E-state index >= 15 is 0 Å². The minimum Gasteiger partial charge on any atom is -0.266 e. The van der Waals surface area contributed by atoms with E-state index in [-0.39, 0.29) is 5.91 Å². The number of hydrazone groups is 1. The van der Waals surface area contributed by atoms with Gasteiger partial charge in [-0.25, -0.2) is 5.43 Å². The van der Waals surface area contributed by atoms with Crippen LogP contribution in [0.15, 0.2) is 35.7 Å². The van der Waals surface area contributed by atoms with E-state index in [1.54, 1.807) is 29.9 Å². The second kappa shape index (κ2) is 6.63. The smallest absolute Gasteiger partial charge is 0.266 e. The molecule has 0 radical (unpaired) electrons. The van der Waals surface area contributed by atoms with Crippen LogP contribution < -0.4 is 5.43 Å². The molecule has 0 atom stereocenters. The van der Waals surface area contributed by atoms with Crippen molar-refractivity contribution in [2.24, 2.45) is 5.10 Å². The number of amides is 1. The molecule has 0 aliphatic heterocycles. The highest BCUT2D eigenvalue weighted by molar-refractivity contribution is 7.14. The van der Waals surface area contributed by atoms with Crippen LogP contribution in [0.1, 0.15) is 44.9 Å². The Balaban J connectivity index is 1.64. The van der Waals surface area contributed by atoms with Crippen molar-refractivity contribution >= 4 is 23.5 Å². The summed E-state index contributed by atoms with van der Waals surface area (Å²) in [7, 11) is 0. The monoisotopic (exact) mass is 299 g/mol. The molecule has 4 nitrogen and oxygen atoms in total. The zero-order chi connectivity index (χ0) is 14.5. The summed E-state index contributed by atoms with van der Waals surface area (Å²) in [6.45, 7) is 0. The van der Waals surface area contributed by atoms with E-state index in [0.717, 1.165) is 23.3 Å². The van der Waals surface area contributed by atoms with Crippen molar-refractivity contribution in [1.82, 2.24) is 10.4 Å². The zero-order valence-electron chi connectivity index (χ0n) is 11.7. The molecule has 5 heteroatoms. The van der Waals surface area contributed by atoms with E-state index in [0.29, 0.717) is 0 Å². The van der Waals surface area contributed by atoms with Gasteiger partial charge in [-0.3, -0.25) is 9.78 Å². The van der Waals surface area contributed by atoms with Crippen molar-refractivity contribution in [3.63, 3.8) is 0 Å². The fourth-order valence-corrected chi connectivity index (χ4v) is 3.59. The Morgan fingerprint density at radius 2 is 2.05 bits per heavy atom. The lowest BCUT2D eigenvalue weighted by Gasteiger charge is -1.96. The molecule has 1 amide bonds. The van der Waals surface area contributed by atoms with Gasteiger partial charge in [-0.05, 0) is 55.0 Å². The number of pyridine rings is 1. The molecule has 0 aromatic carbocycles. The maximum atomic E-state index is 12.1. The van der Waals surface area contributed by atoms with Crippen molar-refractivity contribution in [1.29, 1.82) is 0 Å². The molecule has 21 heavy (non-hydrogen) atoms. The van der Waals surface area contributed by atoms with Crippen LogP contribution >= 0.6 is 11.3 Å². The molecule has 108 valence electrons. The van der Waals surface area contributed by atoms with Crippen molar-refractivity contribution in [2.45, 2.75) is 32.1 Å². The van der Waals surface area contributed by atoms with Crippen molar-refractivity contribution in [3.8, 4) is 0 Å². The van der Waals surface area contributed by atoms with E-state index in [9.17, 15) is 4.79 Å². The van der Waals surface area contributed by atoms with Gasteiger partial charge < -0.3 is 0 Å². The quantitative estimate of drug-likeness (QED) is 0.537. The normalized spacial score (nSPS) is 14.7. The molecule has 3 rings (SSSR count). The van der Waals surface area contributed by atoms with Gasteiger partial charge in [0, 0.05) is 17.3 Å². The minimum atomic E-state index is -0.127. The van der Waals surface area contributed by atoms with Gasteiger partial charge in [0.05, 0.1) is 11.1 Å². The standard InChI is InChI=1S/C16H17N3OS/c20-16(19-18-11-12-6-8-17-9-7-12)15-10-13-4-2-1-3-5-14(13)21-15/h6-11H,1-5H2,(H,19,20)/b18-11-. The zero-order valence-corrected chi connectivity index (χ0v) is 12.5. The summed E-state index contributed by atoms with van der Waals surface area (Å²) in [4.78, 5) is 18.2. The van der Waals surface area contributed by atoms with Crippen LogP contribution in [-0.2, 0) is 12.8 Å². The molecule has 0 bridgehead atoms. The number of fused-ring (bicyclic) bond motifs is 1. The second-order valence-electron chi connectivity index (χ2n) is 5.10. The van der Waals surface area contributed by atoms with Crippen molar-refractivity contribution in [3.05, 3.63) is 51.5 Å². The van der Waals surface area contributed by atoms with Gasteiger partial charge in [0.25, 0.3) is 5.91 Å². The SMILES string of the molecule is O=C(N/N=C\c1ccncc1)c1cc2c(s1)CCCCC2. The molecule has 1 aliphatic carbocycles. The van der Waals surface area contributed by atoms with Crippen LogP contribution in [0.2, 0.25) is 0 Å². The Bertz CT molecular complexity index is 625. The molecular formula is C16H17N3OS. The van der Waals surface area contributed by atoms with Gasteiger partial charge >= 0.3 is 0 Å². The molecule has 2 aromatic heterocycles. The summed E-state index contributed by atoms with van der Waals surface area (Å²) < 4.78 is 0. The lowest BCUT2D eigenvalue weighted by atomic mass is 10.1. The molecule has 0 fully saturated rings.